The van der Waals surface area contributed by atoms with E-state index >= 15 is 0 Å². The molecule has 4 rings (SSSR count). The Kier molecular flexibility index (Phi) is 6.74. The van der Waals surface area contributed by atoms with Crippen molar-refractivity contribution >= 4 is 11.7 Å². The number of hydrogen-bond donors (Lipinski definition) is 1. The minimum absolute atomic E-state index is 0.187. The summed E-state index contributed by atoms with van der Waals surface area (Å²) in [7, 11) is 1.64. The molecular formula is C24H26N4O3. The maximum Gasteiger partial charge on any atom is 0.269 e. The Hall–Kier alpha value is -3.45. The van der Waals surface area contributed by atoms with E-state index in [1.165, 1.54) is 0 Å². The molecule has 7 nitrogen and oxygen atoms in total. The third-order valence-corrected chi connectivity index (χ3v) is 5.22. The summed E-state index contributed by atoms with van der Waals surface area (Å²) in [6, 6.07) is 17.3. The van der Waals surface area contributed by atoms with Gasteiger partial charge in [-0.05, 0) is 48.4 Å². The molecule has 1 amide bonds. The van der Waals surface area contributed by atoms with E-state index in [9.17, 15) is 4.79 Å². The molecule has 31 heavy (non-hydrogen) atoms. The van der Waals surface area contributed by atoms with E-state index in [1.54, 1.807) is 19.4 Å². The Morgan fingerprint density at radius 1 is 1.10 bits per heavy atom. The van der Waals surface area contributed by atoms with Crippen LogP contribution in [0.25, 0.3) is 11.3 Å². The predicted octanol–water partition coefficient (Wildman–Crippen LogP) is 2.96. The minimum atomic E-state index is -0.187. The van der Waals surface area contributed by atoms with Crippen molar-refractivity contribution in [3.63, 3.8) is 0 Å². The number of nitrogens with one attached hydrogen (secondary N) is 1. The van der Waals surface area contributed by atoms with Gasteiger partial charge in [-0.2, -0.15) is 0 Å². The highest BCUT2D eigenvalue weighted by Gasteiger charge is 2.13. The van der Waals surface area contributed by atoms with Crippen LogP contribution in [-0.4, -0.2) is 55.8 Å². The Morgan fingerprint density at radius 2 is 1.90 bits per heavy atom. The Morgan fingerprint density at radius 3 is 2.61 bits per heavy atom. The number of hydrogen-bond acceptors (Lipinski definition) is 6. The van der Waals surface area contributed by atoms with E-state index in [1.807, 2.05) is 48.5 Å². The molecule has 1 N–H and O–H groups in total. The summed E-state index contributed by atoms with van der Waals surface area (Å²) in [6.45, 7) is 3.67. The number of carbonyl (C=O) groups excluding carboxylic acids is 1. The number of anilines is 1. The molecule has 1 saturated heterocycles. The first-order chi connectivity index (χ1) is 15.2. The summed E-state index contributed by atoms with van der Waals surface area (Å²) >= 11 is 0. The van der Waals surface area contributed by atoms with Gasteiger partial charge in [0, 0.05) is 31.4 Å². The third kappa shape index (κ3) is 5.38. The van der Waals surface area contributed by atoms with Crippen molar-refractivity contribution in [1.82, 2.24) is 15.3 Å². The molecule has 2 aromatic heterocycles. The number of amides is 1. The summed E-state index contributed by atoms with van der Waals surface area (Å²) in [4.78, 5) is 23.9. The normalized spacial score (nSPS) is 13.6. The molecule has 0 unspecified atom stereocenters. The maximum atomic E-state index is 12.6. The molecule has 0 atom stereocenters. The van der Waals surface area contributed by atoms with Crippen molar-refractivity contribution < 1.29 is 14.3 Å². The van der Waals surface area contributed by atoms with Gasteiger partial charge in [0.1, 0.15) is 17.3 Å². The average Bonchev–Trinajstić information content (AvgIpc) is 2.85. The second kappa shape index (κ2) is 10.0. The molecule has 1 aliphatic heterocycles. The fourth-order valence-corrected chi connectivity index (χ4v) is 3.44. The molecule has 1 aliphatic rings. The Balaban J connectivity index is 1.36. The number of aromatic nitrogens is 2. The lowest BCUT2D eigenvalue weighted by atomic mass is 10.1. The predicted molar refractivity (Wildman–Crippen MR) is 120 cm³/mol. The van der Waals surface area contributed by atoms with E-state index in [-0.39, 0.29) is 5.91 Å². The highest BCUT2D eigenvalue weighted by Crippen LogP contribution is 2.20. The van der Waals surface area contributed by atoms with Gasteiger partial charge in [-0.15, -0.1) is 0 Å². The molecule has 1 aromatic carbocycles. The van der Waals surface area contributed by atoms with Gasteiger partial charge < -0.3 is 19.7 Å². The molecule has 1 fully saturated rings. The lowest BCUT2D eigenvalue weighted by molar-refractivity contribution is 0.0949. The fourth-order valence-electron chi connectivity index (χ4n) is 3.44. The van der Waals surface area contributed by atoms with Gasteiger partial charge in [-0.3, -0.25) is 4.79 Å². The highest BCUT2D eigenvalue weighted by molar-refractivity contribution is 5.92. The molecule has 0 spiro atoms. The largest absolute Gasteiger partial charge is 0.497 e. The van der Waals surface area contributed by atoms with Crippen molar-refractivity contribution in [2.24, 2.45) is 0 Å². The van der Waals surface area contributed by atoms with Crippen molar-refractivity contribution in [3.8, 4) is 17.0 Å². The molecule has 3 aromatic rings. The van der Waals surface area contributed by atoms with E-state index in [0.717, 1.165) is 61.1 Å². The smallest absolute Gasteiger partial charge is 0.269 e. The lowest BCUT2D eigenvalue weighted by Crippen LogP contribution is -2.36. The summed E-state index contributed by atoms with van der Waals surface area (Å²) in [6.07, 6.45) is 2.54. The number of methoxy groups -OCH3 is 1. The van der Waals surface area contributed by atoms with Gasteiger partial charge in [0.25, 0.3) is 5.91 Å². The number of carbonyl (C=O) groups is 1. The highest BCUT2D eigenvalue weighted by atomic mass is 16.5. The van der Waals surface area contributed by atoms with Crippen LogP contribution in [-0.2, 0) is 11.2 Å². The number of ether oxygens (including phenoxy) is 2. The third-order valence-electron chi connectivity index (χ3n) is 5.22. The summed E-state index contributed by atoms with van der Waals surface area (Å²) in [5, 5.41) is 2.94. The quantitative estimate of drug-likeness (QED) is 0.636. The van der Waals surface area contributed by atoms with Crippen LogP contribution in [0.4, 0.5) is 5.82 Å². The van der Waals surface area contributed by atoms with Gasteiger partial charge in [-0.1, -0.05) is 18.2 Å². The zero-order valence-electron chi connectivity index (χ0n) is 17.6. The molecule has 0 saturated carbocycles. The average molecular weight is 418 g/mol. The van der Waals surface area contributed by atoms with Gasteiger partial charge in [0.15, 0.2) is 0 Å². The fraction of sp³-hybridized carbons (Fsp3) is 0.292. The molecular weight excluding hydrogens is 392 g/mol. The van der Waals surface area contributed by atoms with Gasteiger partial charge in [0.05, 0.1) is 26.0 Å². The lowest BCUT2D eigenvalue weighted by Gasteiger charge is -2.27. The van der Waals surface area contributed by atoms with E-state index in [2.05, 4.69) is 20.2 Å². The van der Waals surface area contributed by atoms with Crippen LogP contribution < -0.4 is 15.0 Å². The van der Waals surface area contributed by atoms with Gasteiger partial charge in [0.2, 0.25) is 0 Å². The second-order valence-corrected chi connectivity index (χ2v) is 7.27. The van der Waals surface area contributed by atoms with Crippen LogP contribution in [0.15, 0.2) is 60.8 Å². The monoisotopic (exact) mass is 418 g/mol. The van der Waals surface area contributed by atoms with Gasteiger partial charge >= 0.3 is 0 Å². The standard InChI is InChI=1S/C24H26N4O3/c1-30-20-8-5-18(6-9-20)11-12-25-24(29)22-4-2-3-21(27-22)19-7-10-23(26-17-19)28-13-15-31-16-14-28/h2-10,17H,11-16H2,1H3,(H,25,29). The first-order valence-corrected chi connectivity index (χ1v) is 10.4. The first kappa shape index (κ1) is 20.8. The Bertz CT molecular complexity index is 1000. The van der Waals surface area contributed by atoms with Crippen LogP contribution in [0.1, 0.15) is 16.1 Å². The number of pyridine rings is 2. The number of morpholine rings is 1. The SMILES string of the molecule is COc1ccc(CCNC(=O)c2cccc(-c3ccc(N4CCOCC4)nc3)n2)cc1. The summed E-state index contributed by atoms with van der Waals surface area (Å²) < 4.78 is 10.6. The van der Waals surface area contributed by atoms with Crippen molar-refractivity contribution in [2.45, 2.75) is 6.42 Å². The van der Waals surface area contributed by atoms with Crippen LogP contribution in [0.5, 0.6) is 5.75 Å². The molecule has 7 heteroatoms. The molecule has 160 valence electrons. The molecule has 3 heterocycles. The van der Waals surface area contributed by atoms with Crippen LogP contribution in [0.2, 0.25) is 0 Å². The molecule has 0 bridgehead atoms. The number of rotatable bonds is 7. The van der Waals surface area contributed by atoms with Gasteiger partial charge in [-0.25, -0.2) is 9.97 Å². The zero-order chi connectivity index (χ0) is 21.5. The van der Waals surface area contributed by atoms with Crippen LogP contribution in [0.3, 0.4) is 0 Å². The second-order valence-electron chi connectivity index (χ2n) is 7.27. The van der Waals surface area contributed by atoms with E-state index in [4.69, 9.17) is 9.47 Å². The van der Waals surface area contributed by atoms with E-state index < -0.39 is 0 Å². The molecule has 0 aliphatic carbocycles. The number of nitrogens with zero attached hydrogens (tertiary/aromatic N) is 3. The van der Waals surface area contributed by atoms with Crippen LogP contribution in [0, 0.1) is 0 Å². The molecule has 0 radical (unpaired) electrons. The summed E-state index contributed by atoms with van der Waals surface area (Å²) in [5.74, 6) is 1.56. The Labute approximate surface area is 182 Å². The minimum Gasteiger partial charge on any atom is -0.497 e. The van der Waals surface area contributed by atoms with Crippen molar-refractivity contribution in [2.75, 3.05) is 44.9 Å². The maximum absolute atomic E-state index is 12.6. The first-order valence-electron chi connectivity index (χ1n) is 10.4. The van der Waals surface area contributed by atoms with Crippen molar-refractivity contribution in [1.29, 1.82) is 0 Å². The van der Waals surface area contributed by atoms with Crippen molar-refractivity contribution in [3.05, 3.63) is 72.1 Å². The van der Waals surface area contributed by atoms with E-state index in [0.29, 0.717) is 12.2 Å². The number of benzene rings is 1. The van der Waals surface area contributed by atoms with Crippen LogP contribution >= 0.6 is 0 Å². The zero-order valence-corrected chi connectivity index (χ0v) is 17.6. The summed E-state index contributed by atoms with van der Waals surface area (Å²) in [5.41, 5.74) is 3.13. The topological polar surface area (TPSA) is 76.6 Å².